The normalized spacial score (nSPS) is 10.3. The molecule has 0 saturated heterocycles. The average Bonchev–Trinajstić information content (AvgIpc) is 3.16. The smallest absolute Gasteiger partial charge is 0.307 e. The highest BCUT2D eigenvalue weighted by atomic mass is 127. The predicted molar refractivity (Wildman–Crippen MR) is 262 cm³/mol. The highest BCUT2D eigenvalue weighted by Crippen LogP contribution is 2.37. The number of aliphatic carboxylic acids is 3. The maximum Gasteiger partial charge on any atom is 0.307 e. The molecule has 0 aliphatic rings. The molecule has 9 nitrogen and oxygen atoms in total. The Balaban J connectivity index is 0.000000227. The van der Waals surface area contributed by atoms with E-state index in [4.69, 9.17) is 92.0 Å². The Morgan fingerprint density at radius 2 is 0.883 bits per heavy atom. The number of nitrogen functional groups attached to an aromatic ring is 1. The molecule has 60 heavy (non-hydrogen) atoms. The van der Waals surface area contributed by atoms with Gasteiger partial charge in [0.05, 0.1) is 67.8 Å². The summed E-state index contributed by atoms with van der Waals surface area (Å²) in [6, 6.07) is 31.6. The van der Waals surface area contributed by atoms with E-state index in [-0.39, 0.29) is 25.3 Å². The number of anilines is 5. The lowest BCUT2D eigenvalue weighted by Crippen LogP contribution is -2.04. The quantitative estimate of drug-likeness (QED) is 0.0579. The number of carboxylic acid groups (broad SMARTS) is 3. The van der Waals surface area contributed by atoms with Crippen molar-refractivity contribution in [3.8, 4) is 0 Å². The minimum atomic E-state index is -0.919. The van der Waals surface area contributed by atoms with Gasteiger partial charge in [-0.15, -0.1) is 0 Å². The summed E-state index contributed by atoms with van der Waals surface area (Å²) >= 11 is 44.4. The average molecular weight is 1180 g/mol. The molecule has 0 spiro atoms. The molecule has 0 bridgehead atoms. The Bertz CT molecular complexity index is 2340. The molecule has 18 heteroatoms. The number of para-hydroxylation sites is 3. The van der Waals surface area contributed by atoms with Gasteiger partial charge in [-0.3, -0.25) is 14.4 Å². The lowest BCUT2D eigenvalue weighted by atomic mass is 10.1. The molecule has 6 aromatic carbocycles. The first-order valence-corrected chi connectivity index (χ1v) is 21.8. The van der Waals surface area contributed by atoms with Crippen LogP contribution in [-0.4, -0.2) is 33.2 Å². The monoisotopic (exact) mass is 1170 g/mol. The van der Waals surface area contributed by atoms with Crippen LogP contribution in [0.3, 0.4) is 0 Å². The molecule has 0 aromatic heterocycles. The summed E-state index contributed by atoms with van der Waals surface area (Å²) in [7, 11) is 0. The molecule has 0 saturated carbocycles. The zero-order valence-corrected chi connectivity index (χ0v) is 40.4. The van der Waals surface area contributed by atoms with Crippen molar-refractivity contribution in [1.29, 1.82) is 0 Å². The number of hydrogen-bond acceptors (Lipinski definition) is 6. The van der Waals surface area contributed by atoms with E-state index >= 15 is 0 Å². The molecule has 7 N–H and O–H groups in total. The van der Waals surface area contributed by atoms with Crippen LogP contribution in [0.25, 0.3) is 0 Å². The van der Waals surface area contributed by atoms with Crippen LogP contribution in [0.1, 0.15) is 18.1 Å². The molecule has 0 atom stereocenters. The molecule has 6 rings (SSSR count). The molecule has 0 unspecified atom stereocenters. The molecule has 0 amide bonds. The largest absolute Gasteiger partial charge is 0.481 e. The van der Waals surface area contributed by atoms with Crippen molar-refractivity contribution in [1.82, 2.24) is 0 Å². The molecule has 314 valence electrons. The lowest BCUT2D eigenvalue weighted by Gasteiger charge is -2.14. The molecular formula is C42H32Br2Cl6IN3O6. The number of benzene rings is 6. The van der Waals surface area contributed by atoms with Gasteiger partial charge in [0.2, 0.25) is 0 Å². The number of nitrogens with two attached hydrogens (primary N) is 1. The Hall–Kier alpha value is -3.44. The van der Waals surface area contributed by atoms with Crippen molar-refractivity contribution in [3.05, 3.63) is 175 Å². The third kappa shape index (κ3) is 17.1. The number of halogens is 9. The van der Waals surface area contributed by atoms with Gasteiger partial charge in [0.1, 0.15) is 0 Å². The second kappa shape index (κ2) is 25.5. The molecule has 0 aliphatic heterocycles. The second-order valence-electron chi connectivity index (χ2n) is 11.9. The van der Waals surface area contributed by atoms with E-state index < -0.39 is 17.9 Å². The van der Waals surface area contributed by atoms with Crippen molar-refractivity contribution in [2.45, 2.75) is 19.3 Å². The van der Waals surface area contributed by atoms with Crippen LogP contribution in [-0.2, 0) is 33.6 Å². The summed E-state index contributed by atoms with van der Waals surface area (Å²) in [6.45, 7) is 0. The van der Waals surface area contributed by atoms with E-state index in [1.165, 1.54) is 12.1 Å². The van der Waals surface area contributed by atoms with E-state index in [1.54, 1.807) is 66.7 Å². The van der Waals surface area contributed by atoms with Crippen LogP contribution >= 0.6 is 124 Å². The minimum absolute atomic E-state index is 0.0745. The fourth-order valence-corrected chi connectivity index (χ4v) is 8.34. The Morgan fingerprint density at radius 1 is 0.550 bits per heavy atom. The Labute approximate surface area is 407 Å². The van der Waals surface area contributed by atoms with Crippen molar-refractivity contribution >= 4 is 170 Å². The van der Waals surface area contributed by atoms with Crippen LogP contribution in [0, 0.1) is 3.57 Å². The van der Waals surface area contributed by atoms with Crippen LogP contribution in [0.5, 0.6) is 0 Å². The summed E-state index contributed by atoms with van der Waals surface area (Å²) in [5, 5.41) is 34.9. The highest BCUT2D eigenvalue weighted by Gasteiger charge is 2.13. The first-order valence-electron chi connectivity index (χ1n) is 17.3. The van der Waals surface area contributed by atoms with Gasteiger partial charge in [-0.25, -0.2) is 0 Å². The van der Waals surface area contributed by atoms with Gasteiger partial charge in [0, 0.05) is 23.9 Å². The number of hydrogen-bond donors (Lipinski definition) is 6. The fraction of sp³-hybridized carbons (Fsp3) is 0.0714. The summed E-state index contributed by atoms with van der Waals surface area (Å²) in [5.41, 5.74) is 10.4. The standard InChI is InChI=1S/C14H10BrCl2NO2.C14H11Cl2NO2.C8H7IO2.C6H4BrCl2N/c15-9-6-10(16)14(11(17)7-9)18-12-4-2-1-3-8(12)5-13(19)20;15-10-5-3-6-11(16)14(10)17-12-7-2-1-4-9(12)8-13(18)19;9-7-4-2-1-3-6(7)5-8(10)11;7-3-1-4(8)6(10)5(9)2-3/h1-4,6-7,18H,5H2,(H,19,20);1-7,17H,8H2,(H,18,19);1-4H,5H2,(H,10,11);1-2H,10H2/i;3T;;. The van der Waals surface area contributed by atoms with E-state index in [2.05, 4.69) is 65.1 Å². The number of carbonyl (C=O) groups is 3. The summed E-state index contributed by atoms with van der Waals surface area (Å²) in [4.78, 5) is 32.0. The van der Waals surface area contributed by atoms with Crippen LogP contribution in [0.4, 0.5) is 28.4 Å². The number of rotatable bonds is 10. The minimum Gasteiger partial charge on any atom is -0.481 e. The van der Waals surface area contributed by atoms with Gasteiger partial charge in [-0.05, 0) is 93.9 Å². The van der Waals surface area contributed by atoms with E-state index in [0.29, 0.717) is 69.7 Å². The topological polar surface area (TPSA) is 162 Å². The van der Waals surface area contributed by atoms with Gasteiger partial charge in [0.25, 0.3) is 0 Å². The van der Waals surface area contributed by atoms with Gasteiger partial charge < -0.3 is 31.7 Å². The van der Waals surface area contributed by atoms with Gasteiger partial charge in [0.15, 0.2) is 0 Å². The zero-order chi connectivity index (χ0) is 45.4. The lowest BCUT2D eigenvalue weighted by molar-refractivity contribution is -0.137. The van der Waals surface area contributed by atoms with Gasteiger partial charge in [-0.1, -0.05) is 162 Å². The fourth-order valence-electron chi connectivity index (χ4n) is 4.77. The van der Waals surface area contributed by atoms with E-state index in [0.717, 1.165) is 18.1 Å². The molecule has 0 aliphatic carbocycles. The number of nitrogens with one attached hydrogen (secondary N) is 2. The predicted octanol–water partition coefficient (Wildman–Crippen LogP) is 14.7. The van der Waals surface area contributed by atoms with Gasteiger partial charge >= 0.3 is 17.9 Å². The number of carboxylic acids is 3. The maximum atomic E-state index is 10.9. The highest BCUT2D eigenvalue weighted by molar-refractivity contribution is 14.1. The van der Waals surface area contributed by atoms with Crippen LogP contribution in [0.2, 0.25) is 30.1 Å². The van der Waals surface area contributed by atoms with E-state index in [1.807, 2.05) is 30.3 Å². The molecular weight excluding hydrogens is 1140 g/mol. The summed E-state index contributed by atoms with van der Waals surface area (Å²) in [6.07, 6.45) is -0.0665. The van der Waals surface area contributed by atoms with Crippen molar-refractivity contribution in [2.75, 3.05) is 16.4 Å². The second-order valence-corrected chi connectivity index (χ2v) is 17.4. The first-order chi connectivity index (χ1) is 28.7. The van der Waals surface area contributed by atoms with Crippen molar-refractivity contribution < 1.29 is 31.1 Å². The molecule has 0 heterocycles. The van der Waals surface area contributed by atoms with Crippen LogP contribution < -0.4 is 16.4 Å². The first kappa shape index (κ1) is 49.2. The molecule has 0 radical (unpaired) electrons. The van der Waals surface area contributed by atoms with E-state index in [9.17, 15) is 14.4 Å². The van der Waals surface area contributed by atoms with Crippen molar-refractivity contribution in [3.63, 3.8) is 0 Å². The van der Waals surface area contributed by atoms with Crippen molar-refractivity contribution in [2.24, 2.45) is 0 Å². The maximum absolute atomic E-state index is 10.9. The SMILES string of the molecule is Nc1c(Cl)cc(Br)cc1Cl.O=C(O)Cc1ccccc1I.O=C(O)Cc1ccccc1Nc1c(Cl)cc(Br)cc1Cl.[3H]c1cc(Cl)c(Nc2ccccc2CC(=O)O)c(Cl)c1. The Morgan fingerprint density at radius 3 is 1.28 bits per heavy atom. The zero-order valence-electron chi connectivity index (χ0n) is 31.6. The molecule has 0 fully saturated rings. The summed E-state index contributed by atoms with van der Waals surface area (Å²) < 4.78 is 10.1. The summed E-state index contributed by atoms with van der Waals surface area (Å²) in [5.74, 6) is -2.60. The third-order valence-corrected chi connectivity index (χ3v) is 11.3. The van der Waals surface area contributed by atoms with Crippen LogP contribution in [0.15, 0.2) is 124 Å². The molecule has 6 aromatic rings. The Kier molecular flexibility index (Phi) is 20.9. The van der Waals surface area contributed by atoms with Gasteiger partial charge in [-0.2, -0.15) is 0 Å². The third-order valence-electron chi connectivity index (χ3n) is 7.49.